The highest BCUT2D eigenvalue weighted by Crippen LogP contribution is 2.36. The van der Waals surface area contributed by atoms with Crippen LogP contribution in [0.4, 0.5) is 5.95 Å². The molecule has 0 amide bonds. The first-order valence-electron chi connectivity index (χ1n) is 7.26. The fraction of sp³-hybridized carbons (Fsp3) is 0.714. The molecule has 1 atom stereocenters. The van der Waals surface area contributed by atoms with Gasteiger partial charge in [0.2, 0.25) is 5.95 Å². The molecule has 0 spiro atoms. The normalized spacial score (nSPS) is 22.5. The average Bonchev–Trinajstić information content (AvgIpc) is 2.85. The molecule has 1 aliphatic heterocycles. The molecule has 1 unspecified atom stereocenters. The third kappa shape index (κ3) is 1.98. The monoisotopic (exact) mass is 277 g/mol. The van der Waals surface area contributed by atoms with Crippen LogP contribution in [0, 0.1) is 0 Å². The number of aromatic nitrogens is 4. The molecule has 3 rings (SSSR count). The lowest BCUT2D eigenvalue weighted by molar-refractivity contribution is -0.0683. The Bertz CT molecular complexity index is 640. The lowest BCUT2D eigenvalue weighted by Gasteiger charge is -2.36. The van der Waals surface area contributed by atoms with Crippen molar-refractivity contribution < 1.29 is 4.74 Å². The van der Waals surface area contributed by atoms with Crippen LogP contribution in [0.5, 0.6) is 0 Å². The standard InChI is InChI=1S/C14H23N5O/c1-5-10-11-12(18(4)17-10)19(13(15)16-11)9-6-7-20-14(2,3)8-9/h9H,5-8H2,1-4H3,(H2,15,16). The summed E-state index contributed by atoms with van der Waals surface area (Å²) in [5, 5.41) is 4.55. The van der Waals surface area contributed by atoms with E-state index in [0.717, 1.165) is 42.7 Å². The van der Waals surface area contributed by atoms with E-state index in [1.54, 1.807) is 0 Å². The highest BCUT2D eigenvalue weighted by atomic mass is 16.5. The first-order chi connectivity index (χ1) is 9.43. The first-order valence-corrected chi connectivity index (χ1v) is 7.26. The van der Waals surface area contributed by atoms with E-state index in [4.69, 9.17) is 10.5 Å². The molecule has 1 aliphatic rings. The van der Waals surface area contributed by atoms with Crippen molar-refractivity contribution in [2.24, 2.45) is 7.05 Å². The molecule has 0 radical (unpaired) electrons. The maximum atomic E-state index is 6.18. The molecule has 20 heavy (non-hydrogen) atoms. The van der Waals surface area contributed by atoms with Gasteiger partial charge in [0.15, 0.2) is 5.65 Å². The van der Waals surface area contributed by atoms with Crippen molar-refractivity contribution in [2.75, 3.05) is 12.3 Å². The fourth-order valence-electron chi connectivity index (χ4n) is 3.24. The summed E-state index contributed by atoms with van der Waals surface area (Å²) < 4.78 is 9.85. The van der Waals surface area contributed by atoms with Gasteiger partial charge in [-0.25, -0.2) is 4.98 Å². The molecule has 2 aromatic heterocycles. The largest absolute Gasteiger partial charge is 0.375 e. The van der Waals surface area contributed by atoms with E-state index in [0.29, 0.717) is 12.0 Å². The van der Waals surface area contributed by atoms with Crippen molar-refractivity contribution >= 4 is 17.1 Å². The molecule has 0 aromatic carbocycles. The summed E-state index contributed by atoms with van der Waals surface area (Å²) in [6, 6.07) is 0.323. The number of hydrogen-bond donors (Lipinski definition) is 1. The lowest BCUT2D eigenvalue weighted by Crippen LogP contribution is -2.35. The zero-order chi connectivity index (χ0) is 14.5. The quantitative estimate of drug-likeness (QED) is 0.912. The molecule has 3 heterocycles. The average molecular weight is 277 g/mol. The van der Waals surface area contributed by atoms with E-state index in [1.807, 2.05) is 11.7 Å². The van der Waals surface area contributed by atoms with Crippen LogP contribution in [0.15, 0.2) is 0 Å². The van der Waals surface area contributed by atoms with Crippen LogP contribution in [0.3, 0.4) is 0 Å². The maximum Gasteiger partial charge on any atom is 0.202 e. The molecule has 2 N–H and O–H groups in total. The fourth-order valence-corrected chi connectivity index (χ4v) is 3.24. The number of nitrogens with two attached hydrogens (primary N) is 1. The Morgan fingerprint density at radius 1 is 1.45 bits per heavy atom. The van der Waals surface area contributed by atoms with Crippen molar-refractivity contribution in [3.05, 3.63) is 5.69 Å². The van der Waals surface area contributed by atoms with Crippen LogP contribution in [-0.4, -0.2) is 31.5 Å². The molecule has 110 valence electrons. The Kier molecular flexibility index (Phi) is 3.01. The predicted octanol–water partition coefficient (Wildman–Crippen LogP) is 2.04. The molecule has 0 saturated carbocycles. The van der Waals surface area contributed by atoms with Crippen molar-refractivity contribution in [1.82, 2.24) is 19.3 Å². The van der Waals surface area contributed by atoms with Gasteiger partial charge in [-0.15, -0.1) is 0 Å². The van der Waals surface area contributed by atoms with Gasteiger partial charge in [-0.3, -0.25) is 9.25 Å². The Hall–Kier alpha value is -1.56. The van der Waals surface area contributed by atoms with Crippen molar-refractivity contribution in [2.45, 2.75) is 51.7 Å². The van der Waals surface area contributed by atoms with Gasteiger partial charge in [-0.1, -0.05) is 6.92 Å². The molecule has 6 heteroatoms. The van der Waals surface area contributed by atoms with Crippen LogP contribution in [0.1, 0.15) is 45.3 Å². The van der Waals surface area contributed by atoms with Crippen molar-refractivity contribution in [1.29, 1.82) is 0 Å². The van der Waals surface area contributed by atoms with E-state index in [9.17, 15) is 0 Å². The SMILES string of the molecule is CCc1nn(C)c2c1nc(N)n2C1CCOC(C)(C)C1. The minimum Gasteiger partial charge on any atom is -0.375 e. The van der Waals surface area contributed by atoms with Gasteiger partial charge in [0, 0.05) is 19.7 Å². The van der Waals surface area contributed by atoms with E-state index >= 15 is 0 Å². The number of nitrogen functional groups attached to an aromatic ring is 1. The lowest BCUT2D eigenvalue weighted by atomic mass is 9.94. The molecular formula is C14H23N5O. The Labute approximate surface area is 118 Å². The second-order valence-electron chi connectivity index (χ2n) is 6.19. The molecule has 0 aliphatic carbocycles. The summed E-state index contributed by atoms with van der Waals surface area (Å²) in [5.41, 5.74) is 9.05. The Morgan fingerprint density at radius 3 is 2.85 bits per heavy atom. The van der Waals surface area contributed by atoms with Gasteiger partial charge in [0.05, 0.1) is 11.3 Å². The van der Waals surface area contributed by atoms with Crippen molar-refractivity contribution in [3.63, 3.8) is 0 Å². The number of imidazole rings is 1. The molecule has 2 aromatic rings. The zero-order valence-corrected chi connectivity index (χ0v) is 12.7. The van der Waals surface area contributed by atoms with E-state index in [1.165, 1.54) is 0 Å². The number of fused-ring (bicyclic) bond motifs is 1. The predicted molar refractivity (Wildman–Crippen MR) is 78.6 cm³/mol. The minimum atomic E-state index is -0.113. The smallest absolute Gasteiger partial charge is 0.202 e. The van der Waals surface area contributed by atoms with Gasteiger partial charge in [-0.05, 0) is 33.1 Å². The maximum absolute atomic E-state index is 6.18. The third-order valence-corrected chi connectivity index (χ3v) is 4.13. The number of hydrogen-bond acceptors (Lipinski definition) is 4. The summed E-state index contributed by atoms with van der Waals surface area (Å²) in [5.74, 6) is 0.588. The van der Waals surface area contributed by atoms with Crippen LogP contribution in [0.2, 0.25) is 0 Å². The topological polar surface area (TPSA) is 70.9 Å². The molecule has 1 saturated heterocycles. The van der Waals surface area contributed by atoms with Gasteiger partial charge >= 0.3 is 0 Å². The van der Waals surface area contributed by atoms with Crippen molar-refractivity contribution in [3.8, 4) is 0 Å². The molecule has 0 bridgehead atoms. The second-order valence-corrected chi connectivity index (χ2v) is 6.19. The van der Waals surface area contributed by atoms with Crippen LogP contribution < -0.4 is 5.73 Å². The van der Waals surface area contributed by atoms with Crippen LogP contribution in [0.25, 0.3) is 11.2 Å². The zero-order valence-electron chi connectivity index (χ0n) is 12.7. The van der Waals surface area contributed by atoms with Gasteiger partial charge < -0.3 is 10.5 Å². The minimum absolute atomic E-state index is 0.113. The first kappa shape index (κ1) is 13.4. The molecule has 6 nitrogen and oxygen atoms in total. The second kappa shape index (κ2) is 4.48. The summed E-state index contributed by atoms with van der Waals surface area (Å²) in [7, 11) is 1.96. The summed E-state index contributed by atoms with van der Waals surface area (Å²) in [6.07, 6.45) is 2.77. The highest BCUT2D eigenvalue weighted by Gasteiger charge is 2.32. The van der Waals surface area contributed by atoms with Gasteiger partial charge in [0.1, 0.15) is 5.52 Å². The van der Waals surface area contributed by atoms with E-state index in [2.05, 4.69) is 35.4 Å². The Balaban J connectivity index is 2.11. The summed E-state index contributed by atoms with van der Waals surface area (Å²) >= 11 is 0. The van der Waals surface area contributed by atoms with E-state index in [-0.39, 0.29) is 5.60 Å². The molecular weight excluding hydrogens is 254 g/mol. The van der Waals surface area contributed by atoms with E-state index < -0.39 is 0 Å². The van der Waals surface area contributed by atoms with Gasteiger partial charge in [-0.2, -0.15) is 5.10 Å². The highest BCUT2D eigenvalue weighted by molar-refractivity contribution is 5.78. The number of aryl methyl sites for hydroxylation is 2. The summed E-state index contributed by atoms with van der Waals surface area (Å²) in [6.45, 7) is 7.11. The summed E-state index contributed by atoms with van der Waals surface area (Å²) in [4.78, 5) is 4.54. The number of nitrogens with zero attached hydrogens (tertiary/aromatic N) is 4. The third-order valence-electron chi connectivity index (χ3n) is 4.13. The molecule has 1 fully saturated rings. The van der Waals surface area contributed by atoms with Gasteiger partial charge in [0.25, 0.3) is 0 Å². The van der Waals surface area contributed by atoms with Crippen LogP contribution >= 0.6 is 0 Å². The number of anilines is 1. The van der Waals surface area contributed by atoms with Crippen LogP contribution in [-0.2, 0) is 18.2 Å². The number of rotatable bonds is 2. The number of ether oxygens (including phenoxy) is 1. The Morgan fingerprint density at radius 2 is 2.20 bits per heavy atom.